The summed E-state index contributed by atoms with van der Waals surface area (Å²) >= 11 is 6.20. The normalized spacial score (nSPS) is 12.3. The van der Waals surface area contributed by atoms with Crippen LogP contribution in [-0.4, -0.2) is 11.6 Å². The van der Waals surface area contributed by atoms with Crippen LogP contribution in [0.25, 0.3) is 6.08 Å². The van der Waals surface area contributed by atoms with E-state index in [2.05, 4.69) is 31.0 Å². The number of aromatic nitrogens is 1. The molecule has 0 unspecified atom stereocenters. The summed E-state index contributed by atoms with van der Waals surface area (Å²) in [5.74, 6) is 2.36. The van der Waals surface area contributed by atoms with E-state index >= 15 is 0 Å². The molecule has 0 radical (unpaired) electrons. The van der Waals surface area contributed by atoms with Gasteiger partial charge in [-0.1, -0.05) is 44.0 Å². The Bertz CT molecular complexity index is 653. The Morgan fingerprint density at radius 2 is 2.04 bits per heavy atom. The van der Waals surface area contributed by atoms with Crippen LogP contribution in [-0.2, 0) is 0 Å². The lowest BCUT2D eigenvalue weighted by Crippen LogP contribution is -1.93. The first-order valence-electron chi connectivity index (χ1n) is 7.86. The van der Waals surface area contributed by atoms with E-state index in [1.807, 2.05) is 25.1 Å². The van der Waals surface area contributed by atoms with Gasteiger partial charge in [0.2, 0.25) is 5.88 Å². The van der Waals surface area contributed by atoms with Crippen molar-refractivity contribution in [3.63, 3.8) is 0 Å². The topological polar surface area (TPSA) is 31.4 Å². The van der Waals surface area contributed by atoms with E-state index in [-0.39, 0.29) is 0 Å². The number of rotatable bonds is 7. The second kappa shape index (κ2) is 8.59. The summed E-state index contributed by atoms with van der Waals surface area (Å²) in [6, 6.07) is 9.16. The molecule has 0 aliphatic carbocycles. The summed E-state index contributed by atoms with van der Waals surface area (Å²) < 4.78 is 11.1. The summed E-state index contributed by atoms with van der Waals surface area (Å²) in [7, 11) is 0. The molecule has 0 spiro atoms. The third kappa shape index (κ3) is 5.29. The summed E-state index contributed by atoms with van der Waals surface area (Å²) in [6.07, 6.45) is 7.17. The average molecular weight is 332 g/mol. The SMILES string of the molecule is CCOc1ccc(Oc2ccc(/C=C/[C@H](C)CC)cn2)c(Cl)c1. The summed E-state index contributed by atoms with van der Waals surface area (Å²) in [6.45, 7) is 6.89. The number of pyridine rings is 1. The Kier molecular flexibility index (Phi) is 6.48. The third-order valence-corrected chi connectivity index (χ3v) is 3.74. The molecule has 0 N–H and O–H groups in total. The van der Waals surface area contributed by atoms with Gasteiger partial charge in [0.1, 0.15) is 11.5 Å². The van der Waals surface area contributed by atoms with Gasteiger partial charge in [-0.25, -0.2) is 4.98 Å². The maximum Gasteiger partial charge on any atom is 0.219 e. The zero-order valence-corrected chi connectivity index (χ0v) is 14.5. The number of allylic oxidation sites excluding steroid dienone is 1. The Hall–Kier alpha value is -2.00. The molecule has 0 aliphatic heterocycles. The van der Waals surface area contributed by atoms with Crippen molar-refractivity contribution < 1.29 is 9.47 Å². The van der Waals surface area contributed by atoms with E-state index in [0.29, 0.717) is 29.2 Å². The molecule has 0 saturated carbocycles. The molecule has 1 heterocycles. The first kappa shape index (κ1) is 17.4. The first-order valence-corrected chi connectivity index (χ1v) is 8.24. The fourth-order valence-electron chi connectivity index (χ4n) is 1.90. The van der Waals surface area contributed by atoms with Gasteiger partial charge in [-0.15, -0.1) is 0 Å². The van der Waals surface area contributed by atoms with Crippen LogP contribution >= 0.6 is 11.6 Å². The minimum Gasteiger partial charge on any atom is -0.494 e. The Morgan fingerprint density at radius 1 is 1.22 bits per heavy atom. The number of halogens is 1. The molecule has 3 nitrogen and oxygen atoms in total. The molecule has 4 heteroatoms. The van der Waals surface area contributed by atoms with Gasteiger partial charge in [-0.3, -0.25) is 0 Å². The summed E-state index contributed by atoms with van der Waals surface area (Å²) in [5.41, 5.74) is 1.05. The van der Waals surface area contributed by atoms with Gasteiger partial charge in [-0.05, 0) is 36.6 Å². The molecular formula is C19H22ClNO2. The minimum absolute atomic E-state index is 0.499. The third-order valence-electron chi connectivity index (χ3n) is 3.45. The van der Waals surface area contributed by atoms with Crippen molar-refractivity contribution in [1.29, 1.82) is 0 Å². The molecule has 23 heavy (non-hydrogen) atoms. The second-order valence-electron chi connectivity index (χ2n) is 5.30. The van der Waals surface area contributed by atoms with E-state index in [9.17, 15) is 0 Å². The van der Waals surface area contributed by atoms with Gasteiger partial charge in [-0.2, -0.15) is 0 Å². The fraction of sp³-hybridized carbons (Fsp3) is 0.316. The standard InChI is InChI=1S/C19H22ClNO2/c1-4-14(3)6-7-15-8-11-19(21-13-15)23-18-10-9-16(22-5-2)12-17(18)20/h6-14H,4-5H2,1-3H3/b7-6+/t14-/m1/s1. The number of hydrogen-bond donors (Lipinski definition) is 0. The number of hydrogen-bond acceptors (Lipinski definition) is 3. The van der Waals surface area contributed by atoms with Gasteiger partial charge in [0.25, 0.3) is 0 Å². The quantitative estimate of drug-likeness (QED) is 0.624. The van der Waals surface area contributed by atoms with Crippen molar-refractivity contribution in [3.05, 3.63) is 53.2 Å². The van der Waals surface area contributed by atoms with Crippen molar-refractivity contribution in [2.75, 3.05) is 6.61 Å². The Balaban J connectivity index is 2.05. The molecular weight excluding hydrogens is 310 g/mol. The van der Waals surface area contributed by atoms with E-state index in [1.165, 1.54) is 0 Å². The maximum absolute atomic E-state index is 6.20. The minimum atomic E-state index is 0.499. The lowest BCUT2D eigenvalue weighted by atomic mass is 10.1. The van der Waals surface area contributed by atoms with Crippen LogP contribution in [0.5, 0.6) is 17.4 Å². The van der Waals surface area contributed by atoms with Crippen LogP contribution in [0.15, 0.2) is 42.6 Å². The highest BCUT2D eigenvalue weighted by Gasteiger charge is 2.06. The van der Waals surface area contributed by atoms with Gasteiger partial charge in [0, 0.05) is 18.3 Å². The van der Waals surface area contributed by atoms with Gasteiger partial charge in [0.05, 0.1) is 11.6 Å². The van der Waals surface area contributed by atoms with Gasteiger partial charge >= 0.3 is 0 Å². The van der Waals surface area contributed by atoms with Crippen molar-refractivity contribution in [2.45, 2.75) is 27.2 Å². The summed E-state index contributed by atoms with van der Waals surface area (Å²) in [4.78, 5) is 4.31. The molecule has 2 rings (SSSR count). The highest BCUT2D eigenvalue weighted by atomic mass is 35.5. The van der Waals surface area contributed by atoms with Crippen LogP contribution in [0.1, 0.15) is 32.8 Å². The van der Waals surface area contributed by atoms with Crippen LogP contribution in [0, 0.1) is 5.92 Å². The maximum atomic E-state index is 6.20. The lowest BCUT2D eigenvalue weighted by molar-refractivity contribution is 0.339. The fourth-order valence-corrected chi connectivity index (χ4v) is 2.10. The predicted octanol–water partition coefficient (Wildman–Crippen LogP) is 5.99. The smallest absolute Gasteiger partial charge is 0.219 e. The van der Waals surface area contributed by atoms with Gasteiger partial charge < -0.3 is 9.47 Å². The predicted molar refractivity (Wildman–Crippen MR) is 95.4 cm³/mol. The van der Waals surface area contributed by atoms with E-state index in [4.69, 9.17) is 21.1 Å². The Labute approximate surface area is 142 Å². The molecule has 2 aromatic rings. The molecule has 0 saturated heterocycles. The van der Waals surface area contributed by atoms with Crippen molar-refractivity contribution in [3.8, 4) is 17.4 Å². The molecule has 1 atom stereocenters. The van der Waals surface area contributed by atoms with Crippen LogP contribution < -0.4 is 9.47 Å². The zero-order chi connectivity index (χ0) is 16.7. The van der Waals surface area contributed by atoms with Crippen LogP contribution in [0.2, 0.25) is 5.02 Å². The van der Waals surface area contributed by atoms with Crippen molar-refractivity contribution in [2.24, 2.45) is 5.92 Å². The molecule has 1 aromatic carbocycles. The van der Waals surface area contributed by atoms with Crippen molar-refractivity contribution >= 4 is 17.7 Å². The molecule has 0 bridgehead atoms. The second-order valence-corrected chi connectivity index (χ2v) is 5.71. The highest BCUT2D eigenvalue weighted by Crippen LogP contribution is 2.31. The monoisotopic (exact) mass is 331 g/mol. The number of ether oxygens (including phenoxy) is 2. The zero-order valence-electron chi connectivity index (χ0n) is 13.8. The number of nitrogens with zero attached hydrogens (tertiary/aromatic N) is 1. The number of benzene rings is 1. The molecule has 0 fully saturated rings. The van der Waals surface area contributed by atoms with Crippen LogP contribution in [0.3, 0.4) is 0 Å². The molecule has 0 aliphatic rings. The first-order chi connectivity index (χ1) is 11.1. The van der Waals surface area contributed by atoms with Crippen molar-refractivity contribution in [1.82, 2.24) is 4.98 Å². The van der Waals surface area contributed by atoms with Gasteiger partial charge in [0.15, 0.2) is 0 Å². The average Bonchev–Trinajstić information content (AvgIpc) is 2.56. The van der Waals surface area contributed by atoms with E-state index in [1.54, 1.807) is 18.3 Å². The molecule has 122 valence electrons. The Morgan fingerprint density at radius 3 is 2.65 bits per heavy atom. The largest absolute Gasteiger partial charge is 0.494 e. The highest BCUT2D eigenvalue weighted by molar-refractivity contribution is 6.32. The molecule has 0 amide bonds. The van der Waals surface area contributed by atoms with E-state index in [0.717, 1.165) is 17.7 Å². The molecule has 1 aromatic heterocycles. The van der Waals surface area contributed by atoms with E-state index < -0.39 is 0 Å². The lowest BCUT2D eigenvalue weighted by Gasteiger charge is -2.09. The summed E-state index contributed by atoms with van der Waals surface area (Å²) in [5, 5.41) is 0.499. The van der Waals surface area contributed by atoms with Crippen LogP contribution in [0.4, 0.5) is 0 Å².